The molecule has 3 nitrogen and oxygen atoms in total. The number of nitrogens with zero attached hydrogens (tertiary/aromatic N) is 2. The molecular weight excluding hydrogens is 222 g/mol. The highest BCUT2D eigenvalue weighted by Crippen LogP contribution is 2.36. The van der Waals surface area contributed by atoms with Gasteiger partial charge in [0.05, 0.1) is 0 Å². The third-order valence-corrected chi connectivity index (χ3v) is 5.13. The number of hydrogen-bond acceptors (Lipinski definition) is 3. The first kappa shape index (κ1) is 14.3. The van der Waals surface area contributed by atoms with Crippen LogP contribution in [0.4, 0.5) is 0 Å². The van der Waals surface area contributed by atoms with Gasteiger partial charge < -0.3 is 10.2 Å². The molecule has 0 aromatic carbocycles. The van der Waals surface area contributed by atoms with Crippen LogP contribution < -0.4 is 5.32 Å². The summed E-state index contributed by atoms with van der Waals surface area (Å²) in [5.41, 5.74) is 0.503. The molecule has 2 bridgehead atoms. The van der Waals surface area contributed by atoms with E-state index in [0.717, 1.165) is 12.1 Å². The van der Waals surface area contributed by atoms with E-state index in [9.17, 15) is 0 Å². The predicted molar refractivity (Wildman–Crippen MR) is 78.0 cm³/mol. The van der Waals surface area contributed by atoms with E-state index in [-0.39, 0.29) is 11.1 Å². The van der Waals surface area contributed by atoms with Crippen molar-refractivity contribution in [1.29, 1.82) is 0 Å². The largest absolute Gasteiger partial charge is 0.315 e. The average molecular weight is 253 g/mol. The lowest BCUT2D eigenvalue weighted by molar-refractivity contribution is -0.0676. The second kappa shape index (κ2) is 4.77. The molecule has 3 aliphatic heterocycles. The molecule has 3 heterocycles. The molecule has 0 aromatic rings. The van der Waals surface area contributed by atoms with Gasteiger partial charge in [-0.3, -0.25) is 4.90 Å². The minimum absolute atomic E-state index is 0.214. The smallest absolute Gasteiger partial charge is 0.0229 e. The standard InChI is InChI=1S/C15H31N3/c1-14(2,16-5)11-15(3,4)18-10-12-7-8-13(18)9-17(12)6/h12-13,16H,7-11H2,1-6H3. The van der Waals surface area contributed by atoms with Gasteiger partial charge in [-0.15, -0.1) is 0 Å². The Balaban J connectivity index is 2.07. The first-order valence-electron chi connectivity index (χ1n) is 7.41. The lowest BCUT2D eigenvalue weighted by Gasteiger charge is -2.57. The summed E-state index contributed by atoms with van der Waals surface area (Å²) >= 11 is 0. The Morgan fingerprint density at radius 3 is 2.11 bits per heavy atom. The van der Waals surface area contributed by atoms with Crippen LogP contribution in [0.25, 0.3) is 0 Å². The summed E-state index contributed by atoms with van der Waals surface area (Å²) in [7, 11) is 4.37. The van der Waals surface area contributed by atoms with E-state index in [0.29, 0.717) is 0 Å². The second-order valence-corrected chi connectivity index (χ2v) is 7.60. The van der Waals surface area contributed by atoms with Gasteiger partial charge in [0.2, 0.25) is 0 Å². The maximum absolute atomic E-state index is 3.45. The van der Waals surface area contributed by atoms with E-state index in [1.54, 1.807) is 0 Å². The van der Waals surface area contributed by atoms with Crippen molar-refractivity contribution in [1.82, 2.24) is 15.1 Å². The zero-order valence-electron chi connectivity index (χ0n) is 13.1. The van der Waals surface area contributed by atoms with Gasteiger partial charge in [0.1, 0.15) is 0 Å². The maximum atomic E-state index is 3.45. The van der Waals surface area contributed by atoms with E-state index >= 15 is 0 Å². The predicted octanol–water partition coefficient (Wildman–Crippen LogP) is 1.93. The Kier molecular flexibility index (Phi) is 3.79. The molecule has 3 aliphatic rings. The summed E-state index contributed by atoms with van der Waals surface area (Å²) in [6, 6.07) is 1.55. The van der Waals surface area contributed by atoms with Crippen molar-refractivity contribution in [3.05, 3.63) is 0 Å². The van der Waals surface area contributed by atoms with Crippen LogP contribution in [0.2, 0.25) is 0 Å². The fourth-order valence-corrected chi connectivity index (χ4v) is 4.05. The Morgan fingerprint density at radius 1 is 1.06 bits per heavy atom. The molecule has 3 heteroatoms. The zero-order valence-corrected chi connectivity index (χ0v) is 13.1. The number of rotatable bonds is 4. The SMILES string of the molecule is CNC(C)(C)CC(C)(C)N1CC2CCC1CN2C. The highest BCUT2D eigenvalue weighted by atomic mass is 15.3. The molecule has 0 spiro atoms. The fourth-order valence-electron chi connectivity index (χ4n) is 4.05. The van der Waals surface area contributed by atoms with Gasteiger partial charge in [-0.1, -0.05) is 0 Å². The van der Waals surface area contributed by atoms with E-state index in [2.05, 4.69) is 56.9 Å². The third-order valence-electron chi connectivity index (χ3n) is 5.13. The average Bonchev–Trinajstić information content (AvgIpc) is 2.28. The first-order chi connectivity index (χ1) is 8.25. The summed E-state index contributed by atoms with van der Waals surface area (Å²) in [6.07, 6.45) is 3.98. The number of fused-ring (bicyclic) bond motifs is 3. The van der Waals surface area contributed by atoms with Crippen molar-refractivity contribution in [2.45, 2.75) is 70.1 Å². The quantitative estimate of drug-likeness (QED) is 0.826. The normalized spacial score (nSPS) is 31.0. The molecule has 106 valence electrons. The van der Waals surface area contributed by atoms with Crippen LogP contribution in [0, 0.1) is 0 Å². The fraction of sp³-hybridized carbons (Fsp3) is 1.00. The molecule has 3 fully saturated rings. The van der Waals surface area contributed by atoms with Crippen molar-refractivity contribution in [2.75, 3.05) is 27.2 Å². The van der Waals surface area contributed by atoms with E-state index in [1.807, 2.05) is 0 Å². The third kappa shape index (κ3) is 2.73. The summed E-state index contributed by atoms with van der Waals surface area (Å²) in [4.78, 5) is 5.34. The Bertz CT molecular complexity index is 298. The molecule has 18 heavy (non-hydrogen) atoms. The molecule has 2 unspecified atom stereocenters. The lowest BCUT2D eigenvalue weighted by Crippen LogP contribution is -2.67. The number of piperazine rings is 1. The molecule has 2 atom stereocenters. The molecular formula is C15H31N3. The molecule has 0 aliphatic carbocycles. The van der Waals surface area contributed by atoms with Gasteiger partial charge >= 0.3 is 0 Å². The van der Waals surface area contributed by atoms with Crippen molar-refractivity contribution >= 4 is 0 Å². The van der Waals surface area contributed by atoms with Gasteiger partial charge in [0.15, 0.2) is 0 Å². The van der Waals surface area contributed by atoms with Crippen LogP contribution in [0.5, 0.6) is 0 Å². The summed E-state index contributed by atoms with van der Waals surface area (Å²) < 4.78 is 0. The molecule has 0 saturated carbocycles. The second-order valence-electron chi connectivity index (χ2n) is 7.60. The highest BCUT2D eigenvalue weighted by Gasteiger charge is 2.44. The number of nitrogens with one attached hydrogen (secondary N) is 1. The molecule has 1 N–H and O–H groups in total. The maximum Gasteiger partial charge on any atom is 0.0229 e. The summed E-state index contributed by atoms with van der Waals surface area (Å²) in [5, 5.41) is 3.45. The number of piperidine rings is 2. The molecule has 0 amide bonds. The molecule has 0 aromatic heterocycles. The van der Waals surface area contributed by atoms with E-state index in [1.165, 1.54) is 32.4 Å². The molecule has 3 saturated heterocycles. The topological polar surface area (TPSA) is 18.5 Å². The van der Waals surface area contributed by atoms with Crippen LogP contribution >= 0.6 is 0 Å². The summed E-state index contributed by atoms with van der Waals surface area (Å²) in [5.74, 6) is 0. The number of hydrogen-bond donors (Lipinski definition) is 1. The van der Waals surface area contributed by atoms with Gasteiger partial charge in [0, 0.05) is 36.3 Å². The van der Waals surface area contributed by atoms with Crippen molar-refractivity contribution in [3.8, 4) is 0 Å². The Labute approximate surface area is 113 Å². The van der Waals surface area contributed by atoms with Crippen LogP contribution in [-0.2, 0) is 0 Å². The van der Waals surface area contributed by atoms with Crippen LogP contribution in [0.3, 0.4) is 0 Å². The lowest BCUT2D eigenvalue weighted by atomic mass is 9.80. The van der Waals surface area contributed by atoms with Crippen LogP contribution in [0.15, 0.2) is 0 Å². The molecule has 3 rings (SSSR count). The Morgan fingerprint density at radius 2 is 1.67 bits per heavy atom. The van der Waals surface area contributed by atoms with Crippen molar-refractivity contribution < 1.29 is 0 Å². The summed E-state index contributed by atoms with van der Waals surface area (Å²) in [6.45, 7) is 12.0. The van der Waals surface area contributed by atoms with Gasteiger partial charge in [0.25, 0.3) is 0 Å². The highest BCUT2D eigenvalue weighted by molar-refractivity contribution is 5.01. The van der Waals surface area contributed by atoms with Crippen LogP contribution in [0.1, 0.15) is 47.0 Å². The first-order valence-corrected chi connectivity index (χ1v) is 7.41. The van der Waals surface area contributed by atoms with Crippen molar-refractivity contribution in [2.24, 2.45) is 0 Å². The minimum Gasteiger partial charge on any atom is -0.315 e. The Hall–Kier alpha value is -0.120. The van der Waals surface area contributed by atoms with Crippen molar-refractivity contribution in [3.63, 3.8) is 0 Å². The number of likely N-dealkylation sites (N-methyl/N-ethyl adjacent to an activating group) is 1. The van der Waals surface area contributed by atoms with Gasteiger partial charge in [-0.05, 0) is 61.1 Å². The van der Waals surface area contributed by atoms with Gasteiger partial charge in [-0.25, -0.2) is 0 Å². The molecule has 0 radical (unpaired) electrons. The minimum atomic E-state index is 0.214. The van der Waals surface area contributed by atoms with Gasteiger partial charge in [-0.2, -0.15) is 0 Å². The van der Waals surface area contributed by atoms with E-state index in [4.69, 9.17) is 0 Å². The van der Waals surface area contributed by atoms with Crippen LogP contribution in [-0.4, -0.2) is 60.1 Å². The monoisotopic (exact) mass is 253 g/mol. The van der Waals surface area contributed by atoms with E-state index < -0.39 is 0 Å². The zero-order chi connectivity index (χ0) is 13.6.